The highest BCUT2D eigenvalue weighted by Gasteiger charge is 2.20. The minimum absolute atomic E-state index is 0.870. The van der Waals surface area contributed by atoms with Crippen molar-refractivity contribution in [3.63, 3.8) is 0 Å². The van der Waals surface area contributed by atoms with Gasteiger partial charge < -0.3 is 0 Å². The highest BCUT2D eigenvalue weighted by molar-refractivity contribution is 5.86. The van der Waals surface area contributed by atoms with Crippen LogP contribution in [0, 0.1) is 58.3 Å². The molecule has 12 aromatic rings. The molecule has 8 aromatic carbocycles. The quantitative estimate of drug-likeness (QED) is 0.122. The van der Waals surface area contributed by atoms with Crippen LogP contribution < -0.4 is 0 Å². The van der Waals surface area contributed by atoms with E-state index in [0.29, 0.717) is 0 Å². The SMILES string of the molecule is Cc1cc(C)cc(-c2ccc3c(CC4CCCC4)cccc3n2)c1.Cc1cc(C)cc(-c2ccc3cc(CC4CCCC4)ccc3n2)c1.Cc1cccc(-c2ccc3cc(CC4CCCC4)ccc3n2)c1.c1ccc(-c2ccc3cc(CC4CCCC4)ccc3n2)cc1. The van der Waals surface area contributed by atoms with E-state index in [2.05, 4.69) is 241 Å². The van der Waals surface area contributed by atoms with Crippen LogP contribution in [-0.4, -0.2) is 19.9 Å². The Morgan fingerprint density at radius 3 is 1.04 bits per heavy atom. The van der Waals surface area contributed by atoms with Crippen LogP contribution in [0.15, 0.2) is 212 Å². The second-order valence-electron chi connectivity index (χ2n) is 28.3. The van der Waals surface area contributed by atoms with Gasteiger partial charge in [-0.25, -0.2) is 19.9 Å². The van der Waals surface area contributed by atoms with Crippen LogP contribution in [0.3, 0.4) is 0 Å². The number of aromatic nitrogens is 4. The van der Waals surface area contributed by atoms with E-state index in [-0.39, 0.29) is 0 Å². The molecule has 0 spiro atoms. The van der Waals surface area contributed by atoms with Gasteiger partial charge in [0.2, 0.25) is 0 Å². The average molecular weight is 1220 g/mol. The van der Waals surface area contributed by atoms with Crippen LogP contribution in [0.1, 0.15) is 153 Å². The normalized spacial score (nSPS) is 15.3. The van der Waals surface area contributed by atoms with Crippen LogP contribution in [0.4, 0.5) is 0 Å². The van der Waals surface area contributed by atoms with Gasteiger partial charge in [0.05, 0.1) is 44.8 Å². The van der Waals surface area contributed by atoms with E-state index in [1.807, 2.05) is 6.07 Å². The highest BCUT2D eigenvalue weighted by atomic mass is 14.7. The molecule has 4 aliphatic rings. The van der Waals surface area contributed by atoms with Gasteiger partial charge in [0.25, 0.3) is 0 Å². The molecule has 470 valence electrons. The number of benzene rings is 8. The maximum absolute atomic E-state index is 4.96. The smallest absolute Gasteiger partial charge is 0.0712 e. The summed E-state index contributed by atoms with van der Waals surface area (Å²) >= 11 is 0. The summed E-state index contributed by atoms with van der Waals surface area (Å²) in [7, 11) is 0. The van der Waals surface area contributed by atoms with E-state index < -0.39 is 0 Å². The zero-order valence-corrected chi connectivity index (χ0v) is 55.9. The van der Waals surface area contributed by atoms with Gasteiger partial charge in [-0.1, -0.05) is 246 Å². The van der Waals surface area contributed by atoms with Gasteiger partial charge in [0, 0.05) is 43.8 Å². The van der Waals surface area contributed by atoms with E-state index in [1.54, 1.807) is 0 Å². The summed E-state index contributed by atoms with van der Waals surface area (Å²) < 4.78 is 0. The van der Waals surface area contributed by atoms with Gasteiger partial charge in [-0.05, 0) is 203 Å². The van der Waals surface area contributed by atoms with Crippen LogP contribution in [-0.2, 0) is 25.7 Å². The lowest BCUT2D eigenvalue weighted by atomic mass is 9.95. The maximum atomic E-state index is 4.96. The van der Waals surface area contributed by atoms with Gasteiger partial charge in [-0.2, -0.15) is 0 Å². The van der Waals surface area contributed by atoms with Crippen LogP contribution in [0.5, 0.6) is 0 Å². The first kappa shape index (κ1) is 63.2. The molecule has 0 bridgehead atoms. The Balaban J connectivity index is 0.000000113. The van der Waals surface area contributed by atoms with Gasteiger partial charge in [-0.3, -0.25) is 0 Å². The molecule has 4 aliphatic carbocycles. The number of nitrogens with zero attached hydrogens (tertiary/aromatic N) is 4. The second kappa shape index (κ2) is 30.0. The number of fused-ring (bicyclic) bond motifs is 4. The van der Waals surface area contributed by atoms with Gasteiger partial charge in [0.1, 0.15) is 0 Å². The van der Waals surface area contributed by atoms with Crippen molar-refractivity contribution in [1.29, 1.82) is 0 Å². The van der Waals surface area contributed by atoms with E-state index in [4.69, 9.17) is 19.9 Å². The second-order valence-corrected chi connectivity index (χ2v) is 28.3. The average Bonchev–Trinajstić information content (AvgIpc) is 1.94. The maximum Gasteiger partial charge on any atom is 0.0712 e. The molecule has 4 heteroatoms. The highest BCUT2D eigenvalue weighted by Crippen LogP contribution is 2.35. The summed E-state index contributed by atoms with van der Waals surface area (Å²) in [6.45, 7) is 10.7. The molecule has 0 saturated heterocycles. The summed E-state index contributed by atoms with van der Waals surface area (Å²) in [5.74, 6) is 3.56. The van der Waals surface area contributed by atoms with Gasteiger partial charge >= 0.3 is 0 Å². The molecule has 0 amide bonds. The molecule has 93 heavy (non-hydrogen) atoms. The molecule has 0 atom stereocenters. The van der Waals surface area contributed by atoms with Crippen molar-refractivity contribution in [2.45, 2.75) is 163 Å². The van der Waals surface area contributed by atoms with Crippen molar-refractivity contribution in [2.75, 3.05) is 0 Å². The minimum atomic E-state index is 0.870. The topological polar surface area (TPSA) is 51.6 Å². The fourth-order valence-electron chi connectivity index (χ4n) is 15.8. The van der Waals surface area contributed by atoms with Crippen LogP contribution in [0.2, 0.25) is 0 Å². The molecule has 16 rings (SSSR count). The lowest BCUT2D eigenvalue weighted by Crippen LogP contribution is -2.00. The Labute approximate surface area is 554 Å². The predicted octanol–water partition coefficient (Wildman–Crippen LogP) is 24.1. The molecule has 4 heterocycles. The van der Waals surface area contributed by atoms with Crippen molar-refractivity contribution >= 4 is 43.6 Å². The standard InChI is InChI=1S/2C23H25N.C22H23N.C21H21N/c1-16-12-17(2)14-20(13-16)22-11-10-21-19(8-5-9-23(21)24-22)15-18-6-3-4-7-18;1-16-11-17(2)13-21(12-16)23-10-8-20-15-19(7-9-22(20)24-23)14-18-5-3-4-6-18;1-16-5-4-8-19(13-16)22-12-10-20-15-18(9-11-21(20)23-22)14-17-6-2-3-7-17;1-2-8-18(9-3-1)20-13-11-19-15-17(10-12-21(19)22-20)14-16-6-4-5-7-16/h5,8-14,18H,3-4,6-7,15H2,1-2H3;7-13,15,18H,3-6,14H2,1-2H3;4-5,8-13,15,17H,2-3,6-7,14H2,1H3;1-3,8-13,15-16H,4-7,14H2. The monoisotopic (exact) mass is 1220 g/mol. The van der Waals surface area contributed by atoms with Crippen molar-refractivity contribution in [3.8, 4) is 45.0 Å². The third-order valence-electron chi connectivity index (χ3n) is 20.5. The van der Waals surface area contributed by atoms with Gasteiger partial charge in [0.15, 0.2) is 0 Å². The molecule has 4 saturated carbocycles. The van der Waals surface area contributed by atoms with E-state index >= 15 is 0 Å². The van der Waals surface area contributed by atoms with E-state index in [9.17, 15) is 0 Å². The molecule has 4 aromatic heterocycles. The fraction of sp³-hybridized carbons (Fsp3) is 0.326. The van der Waals surface area contributed by atoms with Gasteiger partial charge in [-0.15, -0.1) is 0 Å². The zero-order chi connectivity index (χ0) is 63.5. The first-order valence-electron chi connectivity index (χ1n) is 35.4. The third-order valence-corrected chi connectivity index (χ3v) is 20.5. The first-order chi connectivity index (χ1) is 45.5. The summed E-state index contributed by atoms with van der Waals surface area (Å²) in [5, 5.41) is 5.11. The molecular weight excluding hydrogens is 1130 g/mol. The van der Waals surface area contributed by atoms with Crippen molar-refractivity contribution in [2.24, 2.45) is 23.7 Å². The number of hydrogen-bond donors (Lipinski definition) is 0. The first-order valence-corrected chi connectivity index (χ1v) is 35.4. The Morgan fingerprint density at radius 1 is 0.258 bits per heavy atom. The largest absolute Gasteiger partial charge is 0.248 e. The molecule has 0 unspecified atom stereocenters. The van der Waals surface area contributed by atoms with Crippen molar-refractivity contribution in [1.82, 2.24) is 19.9 Å². The number of pyridine rings is 4. The molecular formula is C89H94N4. The zero-order valence-electron chi connectivity index (χ0n) is 55.9. The summed E-state index contributed by atoms with van der Waals surface area (Å²) in [6, 6.07) is 76.8. The Morgan fingerprint density at radius 2 is 0.613 bits per heavy atom. The summed E-state index contributed by atoms with van der Waals surface area (Å²) in [4.78, 5) is 19.5. The van der Waals surface area contributed by atoms with E-state index in [1.165, 1.54) is 222 Å². The lowest BCUT2D eigenvalue weighted by Gasteiger charge is -2.12. The molecule has 0 aliphatic heterocycles. The molecule has 0 N–H and O–H groups in total. The third kappa shape index (κ3) is 16.6. The minimum Gasteiger partial charge on any atom is -0.248 e. The fourth-order valence-corrected chi connectivity index (χ4v) is 15.8. The molecule has 0 radical (unpaired) electrons. The lowest BCUT2D eigenvalue weighted by molar-refractivity contribution is 0.547. The predicted molar refractivity (Wildman–Crippen MR) is 395 cm³/mol. The summed E-state index contributed by atoms with van der Waals surface area (Å²) in [5.41, 5.74) is 25.8. The Bertz CT molecular complexity index is 4460. The number of hydrogen-bond acceptors (Lipinski definition) is 4. The number of rotatable bonds is 12. The number of aryl methyl sites for hydroxylation is 5. The van der Waals surface area contributed by atoms with Crippen LogP contribution >= 0.6 is 0 Å². The Kier molecular flexibility index (Phi) is 20.4. The molecule has 4 nitrogen and oxygen atoms in total. The molecule has 4 fully saturated rings. The Hall–Kier alpha value is -8.60. The van der Waals surface area contributed by atoms with Crippen LogP contribution in [0.25, 0.3) is 88.6 Å². The summed E-state index contributed by atoms with van der Waals surface area (Å²) in [6.07, 6.45) is 27.4. The van der Waals surface area contributed by atoms with Crippen molar-refractivity contribution < 1.29 is 0 Å². The van der Waals surface area contributed by atoms with Crippen molar-refractivity contribution in [3.05, 3.63) is 262 Å². The van der Waals surface area contributed by atoms with E-state index in [0.717, 1.165) is 68.5 Å².